The number of anilines is 2. The van der Waals surface area contributed by atoms with Gasteiger partial charge in [0, 0.05) is 19.8 Å². The lowest BCUT2D eigenvalue weighted by atomic mass is 10.1. The van der Waals surface area contributed by atoms with Gasteiger partial charge in [-0.2, -0.15) is 12.7 Å². The second-order valence-corrected chi connectivity index (χ2v) is 8.12. The normalized spacial score (nSPS) is 11.4. The molecule has 25 heavy (non-hydrogen) atoms. The van der Waals surface area contributed by atoms with Crippen LogP contribution in [0.5, 0.6) is 0 Å². The molecule has 0 heterocycles. The van der Waals surface area contributed by atoms with Crippen molar-refractivity contribution in [3.05, 3.63) is 59.7 Å². The fourth-order valence-corrected chi connectivity index (χ4v) is 3.54. The van der Waals surface area contributed by atoms with Crippen LogP contribution in [0.15, 0.2) is 48.5 Å². The summed E-state index contributed by atoms with van der Waals surface area (Å²) in [5, 5.41) is 2.77. The van der Waals surface area contributed by atoms with E-state index in [1.165, 1.54) is 14.1 Å². The molecule has 2 aromatic carbocycles. The largest absolute Gasteiger partial charge is 0.324 e. The zero-order chi connectivity index (χ0) is 18.6. The highest BCUT2D eigenvalue weighted by atomic mass is 32.2. The summed E-state index contributed by atoms with van der Waals surface area (Å²) >= 11 is 0. The molecule has 1 amide bonds. The highest BCUT2D eigenvalue weighted by molar-refractivity contribution is 7.90. The van der Waals surface area contributed by atoms with E-state index in [1.54, 1.807) is 30.3 Å². The Kier molecular flexibility index (Phi) is 5.81. The predicted molar refractivity (Wildman–Crippen MR) is 101 cm³/mol. The molecule has 2 rings (SSSR count). The first-order chi connectivity index (χ1) is 11.7. The lowest BCUT2D eigenvalue weighted by molar-refractivity contribution is -0.114. The molecule has 7 heteroatoms. The maximum Gasteiger partial charge on any atom is 0.304 e. The number of carbonyl (C=O) groups excluding carboxylic acids is 1. The lowest BCUT2D eigenvalue weighted by Gasteiger charge is -2.26. The molecule has 0 aliphatic heterocycles. The Hall–Kier alpha value is -2.38. The molecule has 0 unspecified atom stereocenters. The molecule has 1 N–H and O–H groups in total. The van der Waals surface area contributed by atoms with Crippen LogP contribution in [0.4, 0.5) is 11.4 Å². The van der Waals surface area contributed by atoms with Crippen LogP contribution < -0.4 is 9.62 Å². The number of rotatable bonds is 6. The van der Waals surface area contributed by atoms with E-state index in [2.05, 4.69) is 5.32 Å². The number of benzene rings is 2. The van der Waals surface area contributed by atoms with Crippen molar-refractivity contribution < 1.29 is 13.2 Å². The van der Waals surface area contributed by atoms with E-state index in [1.807, 2.05) is 32.0 Å². The van der Waals surface area contributed by atoms with Gasteiger partial charge in [0.1, 0.15) is 6.54 Å². The van der Waals surface area contributed by atoms with Gasteiger partial charge in [0.2, 0.25) is 5.91 Å². The summed E-state index contributed by atoms with van der Waals surface area (Å²) < 4.78 is 27.4. The van der Waals surface area contributed by atoms with Gasteiger partial charge in [-0.1, -0.05) is 24.3 Å². The van der Waals surface area contributed by atoms with Crippen molar-refractivity contribution in [2.45, 2.75) is 13.8 Å². The number of hydrogen-bond donors (Lipinski definition) is 1. The van der Waals surface area contributed by atoms with Gasteiger partial charge in [0.15, 0.2) is 0 Å². The summed E-state index contributed by atoms with van der Waals surface area (Å²) in [5.41, 5.74) is 3.14. The molecular weight excluding hydrogens is 338 g/mol. The second-order valence-electron chi connectivity index (χ2n) is 6.06. The number of nitrogens with zero attached hydrogens (tertiary/aromatic N) is 2. The summed E-state index contributed by atoms with van der Waals surface area (Å²) in [7, 11) is -0.915. The van der Waals surface area contributed by atoms with E-state index in [-0.39, 0.29) is 6.54 Å². The molecule has 0 fully saturated rings. The Morgan fingerprint density at radius 1 is 1.00 bits per heavy atom. The zero-order valence-electron chi connectivity index (χ0n) is 14.9. The fourth-order valence-electron chi connectivity index (χ4n) is 2.48. The van der Waals surface area contributed by atoms with Crippen LogP contribution in [0.25, 0.3) is 0 Å². The molecule has 6 nitrogen and oxygen atoms in total. The first kappa shape index (κ1) is 19.0. The van der Waals surface area contributed by atoms with Crippen LogP contribution in [-0.2, 0) is 15.0 Å². The number of amides is 1. The van der Waals surface area contributed by atoms with Gasteiger partial charge in [-0.25, -0.2) is 4.31 Å². The highest BCUT2D eigenvalue weighted by Crippen LogP contribution is 2.19. The van der Waals surface area contributed by atoms with Crippen molar-refractivity contribution in [2.24, 2.45) is 0 Å². The van der Waals surface area contributed by atoms with E-state index in [0.29, 0.717) is 11.4 Å². The number of carbonyl (C=O) groups is 1. The SMILES string of the molecule is Cc1cc(C)cc(NC(=O)CN(c2ccccc2)S(=O)(=O)N(C)C)c1. The number of para-hydroxylation sites is 1. The monoisotopic (exact) mass is 361 g/mol. The Balaban J connectivity index is 2.26. The van der Waals surface area contributed by atoms with Gasteiger partial charge in [-0.05, 0) is 49.2 Å². The van der Waals surface area contributed by atoms with E-state index in [9.17, 15) is 13.2 Å². The van der Waals surface area contributed by atoms with Crippen molar-refractivity contribution in [3.63, 3.8) is 0 Å². The molecule has 0 atom stereocenters. The molecule has 0 aliphatic rings. The van der Waals surface area contributed by atoms with Gasteiger partial charge in [0.05, 0.1) is 5.69 Å². The predicted octanol–water partition coefficient (Wildman–Crippen LogP) is 2.55. The van der Waals surface area contributed by atoms with Gasteiger partial charge in [-0.15, -0.1) is 0 Å². The molecule has 0 bridgehead atoms. The summed E-state index contributed by atoms with van der Waals surface area (Å²) in [6, 6.07) is 14.3. The minimum atomic E-state index is -3.79. The first-order valence-corrected chi connectivity index (χ1v) is 9.23. The average Bonchev–Trinajstić information content (AvgIpc) is 2.52. The number of nitrogens with one attached hydrogen (secondary N) is 1. The summed E-state index contributed by atoms with van der Waals surface area (Å²) in [4.78, 5) is 12.5. The Bertz CT molecular complexity index is 829. The van der Waals surface area contributed by atoms with Crippen molar-refractivity contribution in [3.8, 4) is 0 Å². The van der Waals surface area contributed by atoms with E-state index in [0.717, 1.165) is 19.7 Å². The van der Waals surface area contributed by atoms with E-state index in [4.69, 9.17) is 0 Å². The average molecular weight is 361 g/mol. The van der Waals surface area contributed by atoms with Crippen molar-refractivity contribution in [1.29, 1.82) is 0 Å². The lowest BCUT2D eigenvalue weighted by Crippen LogP contribution is -2.44. The molecule has 134 valence electrons. The Labute approximate surface area is 149 Å². The maximum absolute atomic E-state index is 12.6. The third-order valence-corrected chi connectivity index (χ3v) is 5.40. The Morgan fingerprint density at radius 3 is 2.08 bits per heavy atom. The summed E-state index contributed by atoms with van der Waals surface area (Å²) in [6.45, 7) is 3.57. The van der Waals surface area contributed by atoms with Crippen LogP contribution in [0.1, 0.15) is 11.1 Å². The van der Waals surface area contributed by atoms with Gasteiger partial charge in [-0.3, -0.25) is 4.79 Å². The smallest absolute Gasteiger partial charge is 0.304 e. The minimum absolute atomic E-state index is 0.308. The van der Waals surface area contributed by atoms with Crippen LogP contribution in [0, 0.1) is 13.8 Å². The summed E-state index contributed by atoms with van der Waals surface area (Å²) in [5.74, 6) is -0.403. The molecule has 0 saturated carbocycles. The second kappa shape index (κ2) is 7.67. The maximum atomic E-state index is 12.6. The van der Waals surface area contributed by atoms with Crippen molar-refractivity contribution >= 4 is 27.5 Å². The molecule has 0 radical (unpaired) electrons. The third kappa shape index (κ3) is 4.80. The quantitative estimate of drug-likeness (QED) is 0.860. The third-order valence-electron chi connectivity index (χ3n) is 3.58. The topological polar surface area (TPSA) is 69.7 Å². The molecule has 0 saturated heterocycles. The van der Waals surface area contributed by atoms with E-state index < -0.39 is 16.1 Å². The van der Waals surface area contributed by atoms with Crippen LogP contribution in [0.2, 0.25) is 0 Å². The molecule has 0 aromatic heterocycles. The number of aryl methyl sites for hydroxylation is 2. The molecule has 0 aliphatic carbocycles. The van der Waals surface area contributed by atoms with Crippen LogP contribution in [-0.4, -0.2) is 39.3 Å². The zero-order valence-corrected chi connectivity index (χ0v) is 15.7. The van der Waals surface area contributed by atoms with Gasteiger partial charge in [0.25, 0.3) is 0 Å². The highest BCUT2D eigenvalue weighted by Gasteiger charge is 2.27. The minimum Gasteiger partial charge on any atom is -0.324 e. The van der Waals surface area contributed by atoms with Crippen molar-refractivity contribution in [2.75, 3.05) is 30.3 Å². The van der Waals surface area contributed by atoms with Crippen molar-refractivity contribution in [1.82, 2.24) is 4.31 Å². The molecular formula is C18H23N3O3S. The molecule has 0 spiro atoms. The Morgan fingerprint density at radius 2 is 1.56 bits per heavy atom. The van der Waals surface area contributed by atoms with E-state index >= 15 is 0 Å². The van der Waals surface area contributed by atoms with Gasteiger partial charge < -0.3 is 5.32 Å². The molecule has 2 aromatic rings. The van der Waals surface area contributed by atoms with Crippen LogP contribution in [0.3, 0.4) is 0 Å². The first-order valence-electron chi connectivity index (χ1n) is 7.83. The standard InChI is InChI=1S/C18H23N3O3S/c1-14-10-15(2)12-16(11-14)19-18(22)13-21(25(23,24)20(3)4)17-8-6-5-7-9-17/h5-12H,13H2,1-4H3,(H,19,22). The van der Waals surface area contributed by atoms with Gasteiger partial charge >= 0.3 is 10.2 Å². The number of hydrogen-bond acceptors (Lipinski definition) is 3. The van der Waals surface area contributed by atoms with Crippen LogP contribution >= 0.6 is 0 Å². The fraction of sp³-hybridized carbons (Fsp3) is 0.278. The summed E-state index contributed by atoms with van der Waals surface area (Å²) in [6.07, 6.45) is 0.